The fourth-order valence-electron chi connectivity index (χ4n) is 2.61. The number of hydrogen-bond acceptors (Lipinski definition) is 2. The Balaban J connectivity index is 1.62. The minimum absolute atomic E-state index is 1.01. The van der Waals surface area contributed by atoms with Gasteiger partial charge in [-0.1, -0.05) is 25.1 Å². The van der Waals surface area contributed by atoms with E-state index in [1.54, 1.807) is 11.1 Å². The van der Waals surface area contributed by atoms with Crippen molar-refractivity contribution in [2.75, 3.05) is 19.6 Å². The summed E-state index contributed by atoms with van der Waals surface area (Å²) in [4.78, 5) is 0. The van der Waals surface area contributed by atoms with Gasteiger partial charge in [0, 0.05) is 6.54 Å². The Morgan fingerprint density at radius 2 is 1.83 bits per heavy atom. The quantitative estimate of drug-likeness (QED) is 0.689. The van der Waals surface area contributed by atoms with Crippen molar-refractivity contribution in [3.05, 3.63) is 34.9 Å². The molecule has 0 aromatic heterocycles. The molecule has 0 amide bonds. The Kier molecular flexibility index (Phi) is 5.69. The van der Waals surface area contributed by atoms with Crippen LogP contribution in [-0.2, 0) is 19.4 Å². The maximum atomic E-state index is 3.53. The average molecular weight is 246 g/mol. The van der Waals surface area contributed by atoms with Crippen molar-refractivity contribution in [1.29, 1.82) is 0 Å². The number of benzene rings is 1. The van der Waals surface area contributed by atoms with Crippen molar-refractivity contribution in [2.24, 2.45) is 0 Å². The maximum Gasteiger partial charge on any atom is 0.0205 e. The van der Waals surface area contributed by atoms with E-state index >= 15 is 0 Å². The summed E-state index contributed by atoms with van der Waals surface area (Å²) in [5.41, 5.74) is 4.60. The smallest absolute Gasteiger partial charge is 0.0205 e. The molecule has 0 radical (unpaired) electrons. The van der Waals surface area contributed by atoms with E-state index in [2.05, 4.69) is 35.8 Å². The summed E-state index contributed by atoms with van der Waals surface area (Å²) < 4.78 is 0. The monoisotopic (exact) mass is 246 g/mol. The van der Waals surface area contributed by atoms with Crippen LogP contribution in [-0.4, -0.2) is 19.6 Å². The molecule has 2 N–H and O–H groups in total. The topological polar surface area (TPSA) is 24.1 Å². The zero-order valence-corrected chi connectivity index (χ0v) is 11.6. The lowest BCUT2D eigenvalue weighted by Gasteiger charge is -2.07. The predicted molar refractivity (Wildman–Crippen MR) is 78.0 cm³/mol. The second-order valence-corrected chi connectivity index (χ2v) is 5.24. The summed E-state index contributed by atoms with van der Waals surface area (Å²) in [6, 6.07) is 7.00. The summed E-state index contributed by atoms with van der Waals surface area (Å²) in [6.07, 6.45) is 6.35. The van der Waals surface area contributed by atoms with Crippen LogP contribution in [0, 0.1) is 0 Å². The van der Waals surface area contributed by atoms with E-state index in [4.69, 9.17) is 0 Å². The molecule has 0 unspecified atom stereocenters. The normalized spacial score (nSPS) is 13.8. The van der Waals surface area contributed by atoms with E-state index < -0.39 is 0 Å². The molecule has 0 heterocycles. The van der Waals surface area contributed by atoms with E-state index in [1.165, 1.54) is 37.7 Å². The number of aryl methyl sites for hydroxylation is 2. The second kappa shape index (κ2) is 7.55. The van der Waals surface area contributed by atoms with Gasteiger partial charge in [-0.3, -0.25) is 0 Å². The van der Waals surface area contributed by atoms with Gasteiger partial charge in [-0.15, -0.1) is 0 Å². The highest BCUT2D eigenvalue weighted by Crippen LogP contribution is 2.22. The summed E-state index contributed by atoms with van der Waals surface area (Å²) >= 11 is 0. The zero-order chi connectivity index (χ0) is 12.6. The summed E-state index contributed by atoms with van der Waals surface area (Å²) in [6.45, 7) is 6.60. The molecule has 1 aliphatic rings. The number of nitrogens with one attached hydrogen (secondary N) is 2. The van der Waals surface area contributed by atoms with E-state index in [1.807, 2.05) is 0 Å². The van der Waals surface area contributed by atoms with Gasteiger partial charge >= 0.3 is 0 Å². The first-order chi connectivity index (χ1) is 8.90. The number of rotatable bonds is 8. The lowest BCUT2D eigenvalue weighted by Crippen LogP contribution is -2.22. The van der Waals surface area contributed by atoms with Crippen LogP contribution in [0.2, 0.25) is 0 Å². The molecule has 0 spiro atoms. The van der Waals surface area contributed by atoms with E-state index in [9.17, 15) is 0 Å². The third-order valence-electron chi connectivity index (χ3n) is 3.63. The molecule has 2 nitrogen and oxygen atoms in total. The molecule has 1 aromatic rings. The molecule has 18 heavy (non-hydrogen) atoms. The number of fused-ring (bicyclic) bond motifs is 1. The van der Waals surface area contributed by atoms with Crippen LogP contribution in [0.1, 0.15) is 42.9 Å². The minimum Gasteiger partial charge on any atom is -0.317 e. The van der Waals surface area contributed by atoms with Crippen LogP contribution in [0.4, 0.5) is 0 Å². The van der Waals surface area contributed by atoms with Crippen LogP contribution in [0.15, 0.2) is 18.2 Å². The lowest BCUT2D eigenvalue weighted by molar-refractivity contribution is 0.592. The molecule has 2 heteroatoms. The number of hydrogen-bond donors (Lipinski definition) is 2. The highest BCUT2D eigenvalue weighted by Gasteiger charge is 2.10. The van der Waals surface area contributed by atoms with Crippen molar-refractivity contribution >= 4 is 0 Å². The summed E-state index contributed by atoms with van der Waals surface area (Å²) in [5.74, 6) is 0. The standard InChI is InChI=1S/C16H26N2/c1-2-9-17-10-4-11-18-13-14-7-8-15-5-3-6-16(15)12-14/h7-8,12,17-18H,2-6,9-11,13H2,1H3. The third kappa shape index (κ3) is 4.11. The fourth-order valence-corrected chi connectivity index (χ4v) is 2.61. The first-order valence-corrected chi connectivity index (χ1v) is 7.42. The Bertz CT molecular complexity index is 360. The molecule has 0 bridgehead atoms. The second-order valence-electron chi connectivity index (χ2n) is 5.24. The van der Waals surface area contributed by atoms with Crippen molar-refractivity contribution in [1.82, 2.24) is 10.6 Å². The van der Waals surface area contributed by atoms with Crippen LogP contribution >= 0.6 is 0 Å². The van der Waals surface area contributed by atoms with Crippen molar-refractivity contribution < 1.29 is 0 Å². The van der Waals surface area contributed by atoms with Gasteiger partial charge in [-0.25, -0.2) is 0 Å². The van der Waals surface area contributed by atoms with Gasteiger partial charge in [0.15, 0.2) is 0 Å². The Labute approximate surface area is 111 Å². The molecular weight excluding hydrogens is 220 g/mol. The van der Waals surface area contributed by atoms with E-state index in [0.29, 0.717) is 0 Å². The Morgan fingerprint density at radius 1 is 1.00 bits per heavy atom. The molecule has 0 fully saturated rings. The lowest BCUT2D eigenvalue weighted by atomic mass is 10.1. The summed E-state index contributed by atoms with van der Waals surface area (Å²) in [5, 5.41) is 6.96. The van der Waals surface area contributed by atoms with Gasteiger partial charge in [0.25, 0.3) is 0 Å². The fraction of sp³-hybridized carbons (Fsp3) is 0.625. The van der Waals surface area contributed by atoms with Crippen molar-refractivity contribution in [3.8, 4) is 0 Å². The third-order valence-corrected chi connectivity index (χ3v) is 3.63. The maximum absolute atomic E-state index is 3.53. The van der Waals surface area contributed by atoms with Gasteiger partial charge in [-0.05, 0) is 68.4 Å². The minimum atomic E-state index is 1.01. The Morgan fingerprint density at radius 3 is 2.72 bits per heavy atom. The average Bonchev–Trinajstić information content (AvgIpc) is 2.85. The van der Waals surface area contributed by atoms with Crippen LogP contribution in [0.25, 0.3) is 0 Å². The van der Waals surface area contributed by atoms with Crippen molar-refractivity contribution in [2.45, 2.75) is 45.6 Å². The predicted octanol–water partition coefficient (Wildman–Crippen LogP) is 2.65. The summed E-state index contributed by atoms with van der Waals surface area (Å²) in [7, 11) is 0. The van der Waals surface area contributed by atoms with Gasteiger partial charge < -0.3 is 10.6 Å². The van der Waals surface area contributed by atoms with Crippen molar-refractivity contribution in [3.63, 3.8) is 0 Å². The molecule has 1 aliphatic carbocycles. The molecule has 100 valence electrons. The molecule has 0 atom stereocenters. The zero-order valence-electron chi connectivity index (χ0n) is 11.6. The first-order valence-electron chi connectivity index (χ1n) is 7.42. The van der Waals surface area contributed by atoms with Gasteiger partial charge in [-0.2, -0.15) is 0 Å². The van der Waals surface area contributed by atoms with Crippen LogP contribution in [0.3, 0.4) is 0 Å². The largest absolute Gasteiger partial charge is 0.317 e. The van der Waals surface area contributed by atoms with E-state index in [-0.39, 0.29) is 0 Å². The first kappa shape index (κ1) is 13.6. The molecule has 2 rings (SSSR count). The van der Waals surface area contributed by atoms with Gasteiger partial charge in [0.2, 0.25) is 0 Å². The van der Waals surface area contributed by atoms with Gasteiger partial charge in [0.05, 0.1) is 0 Å². The van der Waals surface area contributed by atoms with E-state index in [0.717, 1.165) is 26.2 Å². The molecular formula is C16H26N2. The molecule has 0 aliphatic heterocycles. The molecule has 0 saturated heterocycles. The Hall–Kier alpha value is -0.860. The molecule has 0 saturated carbocycles. The van der Waals surface area contributed by atoms with Crippen LogP contribution < -0.4 is 10.6 Å². The highest BCUT2D eigenvalue weighted by molar-refractivity contribution is 5.35. The highest BCUT2D eigenvalue weighted by atomic mass is 14.9. The van der Waals surface area contributed by atoms with Crippen LogP contribution in [0.5, 0.6) is 0 Å². The van der Waals surface area contributed by atoms with Gasteiger partial charge in [0.1, 0.15) is 0 Å². The SMILES string of the molecule is CCCNCCCNCc1ccc2c(c1)CCC2. The molecule has 1 aromatic carbocycles.